The Balaban J connectivity index is 1.77. The number of amides is 1. The Labute approximate surface area is 144 Å². The first-order valence-electron chi connectivity index (χ1n) is 8.82. The van der Waals surface area contributed by atoms with Gasteiger partial charge in [0.2, 0.25) is 5.91 Å². The highest BCUT2D eigenvalue weighted by molar-refractivity contribution is 5.78. The molecular formula is C21H26N2O. The number of hydrogen-bond donors (Lipinski definition) is 1. The molecule has 2 aromatic carbocycles. The van der Waals surface area contributed by atoms with E-state index < -0.39 is 0 Å². The lowest BCUT2D eigenvalue weighted by Gasteiger charge is -2.32. The summed E-state index contributed by atoms with van der Waals surface area (Å²) in [6, 6.07) is 21.1. The van der Waals surface area contributed by atoms with E-state index in [0.717, 1.165) is 25.9 Å². The van der Waals surface area contributed by atoms with Crippen molar-refractivity contribution in [3.8, 4) is 0 Å². The quantitative estimate of drug-likeness (QED) is 0.915. The lowest BCUT2D eigenvalue weighted by molar-refractivity contribution is -0.132. The zero-order valence-corrected chi connectivity index (χ0v) is 14.3. The summed E-state index contributed by atoms with van der Waals surface area (Å²) in [7, 11) is 1.96. The molecule has 1 aliphatic rings. The van der Waals surface area contributed by atoms with Crippen LogP contribution in [0.15, 0.2) is 60.7 Å². The number of nitrogens with zero attached hydrogens (tertiary/aromatic N) is 1. The molecule has 1 saturated heterocycles. The van der Waals surface area contributed by atoms with Crippen LogP contribution in [0, 0.1) is 0 Å². The van der Waals surface area contributed by atoms with Crippen LogP contribution in [0.2, 0.25) is 0 Å². The Morgan fingerprint density at radius 2 is 1.50 bits per heavy atom. The highest BCUT2D eigenvalue weighted by atomic mass is 16.2. The molecule has 1 amide bonds. The van der Waals surface area contributed by atoms with E-state index in [1.807, 2.05) is 48.3 Å². The van der Waals surface area contributed by atoms with Crippen molar-refractivity contribution >= 4 is 5.91 Å². The molecule has 3 heteroatoms. The fraction of sp³-hybridized carbons (Fsp3) is 0.381. The molecule has 24 heavy (non-hydrogen) atoms. The maximum Gasteiger partial charge on any atom is 0.223 e. The first-order valence-corrected chi connectivity index (χ1v) is 8.82. The van der Waals surface area contributed by atoms with E-state index in [1.165, 1.54) is 11.1 Å². The van der Waals surface area contributed by atoms with Crippen molar-refractivity contribution in [2.24, 2.45) is 0 Å². The topological polar surface area (TPSA) is 32.3 Å². The van der Waals surface area contributed by atoms with E-state index in [-0.39, 0.29) is 11.8 Å². The average Bonchev–Trinajstić information content (AvgIpc) is 2.67. The summed E-state index contributed by atoms with van der Waals surface area (Å²) in [5.41, 5.74) is 2.41. The minimum Gasteiger partial charge on any atom is -0.343 e. The zero-order chi connectivity index (χ0) is 16.8. The van der Waals surface area contributed by atoms with E-state index in [2.05, 4.69) is 29.6 Å². The van der Waals surface area contributed by atoms with Gasteiger partial charge in [-0.25, -0.2) is 0 Å². The third-order valence-corrected chi connectivity index (χ3v) is 5.03. The van der Waals surface area contributed by atoms with Gasteiger partial charge in [0.15, 0.2) is 0 Å². The van der Waals surface area contributed by atoms with Gasteiger partial charge in [-0.2, -0.15) is 0 Å². The summed E-state index contributed by atoms with van der Waals surface area (Å²) in [6.07, 6.45) is 2.61. The zero-order valence-electron chi connectivity index (χ0n) is 14.3. The number of carbonyl (C=O) groups excluding carboxylic acids is 1. The van der Waals surface area contributed by atoms with Gasteiger partial charge in [0.25, 0.3) is 0 Å². The predicted molar refractivity (Wildman–Crippen MR) is 98.0 cm³/mol. The molecule has 1 fully saturated rings. The molecule has 0 atom stereocenters. The van der Waals surface area contributed by atoms with Crippen molar-refractivity contribution in [1.29, 1.82) is 0 Å². The number of rotatable bonds is 5. The second-order valence-corrected chi connectivity index (χ2v) is 6.56. The fourth-order valence-corrected chi connectivity index (χ4v) is 3.52. The Morgan fingerprint density at radius 3 is 2.00 bits per heavy atom. The maximum absolute atomic E-state index is 12.9. The van der Waals surface area contributed by atoms with Crippen LogP contribution in [-0.2, 0) is 4.79 Å². The molecule has 3 rings (SSSR count). The van der Waals surface area contributed by atoms with E-state index in [0.29, 0.717) is 12.5 Å². The summed E-state index contributed by atoms with van der Waals surface area (Å²) in [5, 5.41) is 3.36. The van der Waals surface area contributed by atoms with Crippen LogP contribution in [0.4, 0.5) is 0 Å². The molecule has 0 spiro atoms. The number of benzene rings is 2. The fourth-order valence-electron chi connectivity index (χ4n) is 3.52. The van der Waals surface area contributed by atoms with Gasteiger partial charge in [0.05, 0.1) is 0 Å². The van der Waals surface area contributed by atoms with Crippen LogP contribution in [-0.4, -0.2) is 37.0 Å². The largest absolute Gasteiger partial charge is 0.343 e. The number of piperidine rings is 1. The van der Waals surface area contributed by atoms with Crippen LogP contribution in [0.1, 0.15) is 36.3 Å². The maximum atomic E-state index is 12.9. The van der Waals surface area contributed by atoms with Crippen molar-refractivity contribution in [3.05, 3.63) is 71.8 Å². The van der Waals surface area contributed by atoms with E-state index in [1.54, 1.807) is 0 Å². The average molecular weight is 322 g/mol. The smallest absolute Gasteiger partial charge is 0.223 e. The molecule has 3 nitrogen and oxygen atoms in total. The van der Waals surface area contributed by atoms with Gasteiger partial charge in [0.1, 0.15) is 0 Å². The van der Waals surface area contributed by atoms with Crippen LogP contribution in [0.3, 0.4) is 0 Å². The van der Waals surface area contributed by atoms with Crippen LogP contribution in [0.25, 0.3) is 0 Å². The molecule has 2 aromatic rings. The molecule has 0 bridgehead atoms. The molecule has 0 radical (unpaired) electrons. The molecule has 1 aliphatic heterocycles. The van der Waals surface area contributed by atoms with E-state index >= 15 is 0 Å². The Morgan fingerprint density at radius 1 is 1.00 bits per heavy atom. The molecule has 0 aliphatic carbocycles. The minimum absolute atomic E-state index is 0.115. The van der Waals surface area contributed by atoms with Gasteiger partial charge in [0, 0.05) is 25.4 Å². The lowest BCUT2D eigenvalue weighted by atomic mass is 9.88. The van der Waals surface area contributed by atoms with Gasteiger partial charge in [-0.1, -0.05) is 60.7 Å². The summed E-state index contributed by atoms with van der Waals surface area (Å²) < 4.78 is 0. The third-order valence-electron chi connectivity index (χ3n) is 5.03. The van der Waals surface area contributed by atoms with Crippen LogP contribution >= 0.6 is 0 Å². The second kappa shape index (κ2) is 8.11. The van der Waals surface area contributed by atoms with Crippen molar-refractivity contribution in [3.63, 3.8) is 0 Å². The van der Waals surface area contributed by atoms with E-state index in [9.17, 15) is 4.79 Å². The highest BCUT2D eigenvalue weighted by Gasteiger charge is 2.25. The second-order valence-electron chi connectivity index (χ2n) is 6.56. The van der Waals surface area contributed by atoms with Gasteiger partial charge in [-0.3, -0.25) is 4.79 Å². The molecule has 126 valence electrons. The summed E-state index contributed by atoms with van der Waals surface area (Å²) in [6.45, 7) is 2.01. The Bertz CT molecular complexity index is 596. The monoisotopic (exact) mass is 322 g/mol. The number of nitrogens with one attached hydrogen (secondary N) is 1. The molecule has 0 unspecified atom stereocenters. The van der Waals surface area contributed by atoms with Crippen molar-refractivity contribution in [2.75, 3.05) is 20.1 Å². The summed E-state index contributed by atoms with van der Waals surface area (Å²) in [5.74, 6) is 0.351. The Hall–Kier alpha value is -2.13. The first-order chi connectivity index (χ1) is 11.8. The SMILES string of the molecule is CN(C(=O)CC(c1ccccc1)c1ccccc1)C1CCNCC1. The molecule has 0 saturated carbocycles. The van der Waals surface area contributed by atoms with Gasteiger partial charge < -0.3 is 10.2 Å². The first kappa shape index (κ1) is 16.7. The minimum atomic E-state index is 0.115. The normalized spacial score (nSPS) is 15.4. The molecular weight excluding hydrogens is 296 g/mol. The Kier molecular flexibility index (Phi) is 5.65. The molecule has 1 N–H and O–H groups in total. The van der Waals surface area contributed by atoms with E-state index in [4.69, 9.17) is 0 Å². The van der Waals surface area contributed by atoms with Crippen molar-refractivity contribution < 1.29 is 4.79 Å². The van der Waals surface area contributed by atoms with Crippen molar-refractivity contribution in [2.45, 2.75) is 31.2 Å². The highest BCUT2D eigenvalue weighted by Crippen LogP contribution is 2.29. The standard InChI is InChI=1S/C21H26N2O/c1-23(19-12-14-22-15-13-19)21(24)16-20(17-8-4-2-5-9-17)18-10-6-3-7-11-18/h2-11,19-20,22H,12-16H2,1H3. The van der Waals surface area contributed by atoms with Gasteiger partial charge in [-0.05, 0) is 37.1 Å². The van der Waals surface area contributed by atoms with Crippen LogP contribution in [0.5, 0.6) is 0 Å². The summed E-state index contributed by atoms with van der Waals surface area (Å²) in [4.78, 5) is 14.9. The lowest BCUT2D eigenvalue weighted by Crippen LogP contribution is -2.44. The molecule has 0 aromatic heterocycles. The van der Waals surface area contributed by atoms with Gasteiger partial charge >= 0.3 is 0 Å². The number of hydrogen-bond acceptors (Lipinski definition) is 2. The molecule has 1 heterocycles. The summed E-state index contributed by atoms with van der Waals surface area (Å²) >= 11 is 0. The van der Waals surface area contributed by atoms with Crippen molar-refractivity contribution in [1.82, 2.24) is 10.2 Å². The number of carbonyl (C=O) groups is 1. The predicted octanol–water partition coefficient (Wildman–Crippen LogP) is 3.42. The third kappa shape index (κ3) is 4.04. The van der Waals surface area contributed by atoms with Gasteiger partial charge in [-0.15, -0.1) is 0 Å². The van der Waals surface area contributed by atoms with Crippen LogP contribution < -0.4 is 5.32 Å².